The molecule has 23 heavy (non-hydrogen) atoms. The molecule has 2 heterocycles. The number of carbonyl (C=O) groups is 1. The molecule has 2 N–H and O–H groups in total. The zero-order chi connectivity index (χ0) is 16.8. The Kier molecular flexibility index (Phi) is 3.51. The molecule has 0 spiro atoms. The van der Waals surface area contributed by atoms with E-state index in [1.807, 2.05) is 0 Å². The van der Waals surface area contributed by atoms with Gasteiger partial charge in [0.1, 0.15) is 5.82 Å². The predicted molar refractivity (Wildman–Crippen MR) is 73.2 cm³/mol. The van der Waals surface area contributed by atoms with E-state index >= 15 is 0 Å². The molecule has 122 valence electrons. The van der Waals surface area contributed by atoms with E-state index in [9.17, 15) is 27.5 Å². The summed E-state index contributed by atoms with van der Waals surface area (Å²) in [6.07, 6.45) is -6.14. The van der Waals surface area contributed by atoms with Gasteiger partial charge >= 0.3 is 6.18 Å². The summed E-state index contributed by atoms with van der Waals surface area (Å²) in [5, 5.41) is 12.6. The molecule has 0 saturated carbocycles. The van der Waals surface area contributed by atoms with E-state index in [2.05, 4.69) is 10.3 Å². The first kappa shape index (κ1) is 15.7. The maximum absolute atomic E-state index is 13.4. The van der Waals surface area contributed by atoms with Gasteiger partial charge in [-0.3, -0.25) is 9.79 Å². The standard InChI is InChI=1S/C15H12F4N2O2/c16-9-3-1-2-8(6-9)13-12-10(4-5-20-13)21-11(22)7-14(12,23)15(17,18)19/h1-3,6,23H,4-5,7H2,(H,21,22). The van der Waals surface area contributed by atoms with Crippen molar-refractivity contribution < 1.29 is 27.5 Å². The average Bonchev–Trinajstić information content (AvgIpc) is 2.45. The number of amides is 1. The number of hydrogen-bond donors (Lipinski definition) is 2. The second kappa shape index (κ2) is 5.16. The Morgan fingerprint density at radius 2 is 2.04 bits per heavy atom. The monoisotopic (exact) mass is 328 g/mol. The van der Waals surface area contributed by atoms with Crippen LogP contribution in [0.15, 0.2) is 40.5 Å². The fourth-order valence-electron chi connectivity index (χ4n) is 2.84. The van der Waals surface area contributed by atoms with Crippen LogP contribution in [0.25, 0.3) is 0 Å². The van der Waals surface area contributed by atoms with E-state index in [0.29, 0.717) is 0 Å². The minimum Gasteiger partial charge on any atom is -0.376 e. The number of alkyl halides is 3. The quantitative estimate of drug-likeness (QED) is 0.776. The number of halogens is 4. The Morgan fingerprint density at radius 3 is 2.70 bits per heavy atom. The molecule has 0 aromatic heterocycles. The van der Waals surface area contributed by atoms with Crippen molar-refractivity contribution in [1.82, 2.24) is 5.32 Å². The molecule has 1 unspecified atom stereocenters. The molecule has 4 nitrogen and oxygen atoms in total. The Balaban J connectivity index is 2.20. The third kappa shape index (κ3) is 2.52. The zero-order valence-corrected chi connectivity index (χ0v) is 11.7. The number of rotatable bonds is 1. The second-order valence-electron chi connectivity index (χ2n) is 5.43. The molecule has 2 aliphatic rings. The Morgan fingerprint density at radius 1 is 1.30 bits per heavy atom. The van der Waals surface area contributed by atoms with Gasteiger partial charge in [0.25, 0.3) is 0 Å². The van der Waals surface area contributed by atoms with Gasteiger partial charge in [-0.05, 0) is 12.1 Å². The topological polar surface area (TPSA) is 61.7 Å². The highest BCUT2D eigenvalue weighted by atomic mass is 19.4. The van der Waals surface area contributed by atoms with E-state index in [0.717, 1.165) is 12.1 Å². The fourth-order valence-corrected chi connectivity index (χ4v) is 2.84. The molecule has 2 aliphatic heterocycles. The van der Waals surface area contributed by atoms with E-state index in [1.54, 1.807) is 0 Å². The molecule has 0 fully saturated rings. The van der Waals surface area contributed by atoms with Gasteiger partial charge in [-0.25, -0.2) is 4.39 Å². The second-order valence-corrected chi connectivity index (χ2v) is 5.43. The van der Waals surface area contributed by atoms with Crippen molar-refractivity contribution in [2.75, 3.05) is 6.54 Å². The van der Waals surface area contributed by atoms with Crippen molar-refractivity contribution in [3.63, 3.8) is 0 Å². The molecule has 1 amide bonds. The Labute approximate surface area is 128 Å². The van der Waals surface area contributed by atoms with Crippen LogP contribution in [0.5, 0.6) is 0 Å². The van der Waals surface area contributed by atoms with Crippen LogP contribution >= 0.6 is 0 Å². The minimum atomic E-state index is -5.06. The Hall–Kier alpha value is -2.22. The number of nitrogens with zero attached hydrogens (tertiary/aromatic N) is 1. The summed E-state index contributed by atoms with van der Waals surface area (Å²) in [6.45, 7) is 0.138. The minimum absolute atomic E-state index is 0.0182. The SMILES string of the molecule is O=C1CC(O)(C(F)(F)F)C2=C(CCN=C2c2cccc(F)c2)N1. The van der Waals surface area contributed by atoms with Crippen LogP contribution in [0.4, 0.5) is 17.6 Å². The van der Waals surface area contributed by atoms with Gasteiger partial charge < -0.3 is 10.4 Å². The lowest BCUT2D eigenvalue weighted by atomic mass is 9.78. The molecular formula is C15H12F4N2O2. The molecule has 8 heteroatoms. The lowest BCUT2D eigenvalue weighted by molar-refractivity contribution is -0.244. The zero-order valence-electron chi connectivity index (χ0n) is 11.7. The van der Waals surface area contributed by atoms with Crippen molar-refractivity contribution in [1.29, 1.82) is 0 Å². The van der Waals surface area contributed by atoms with E-state index in [1.165, 1.54) is 12.1 Å². The lowest BCUT2D eigenvalue weighted by Gasteiger charge is -2.39. The first-order chi connectivity index (χ1) is 10.7. The number of nitrogens with one attached hydrogen (secondary N) is 1. The van der Waals surface area contributed by atoms with E-state index in [4.69, 9.17) is 0 Å². The van der Waals surface area contributed by atoms with Crippen LogP contribution in [0.3, 0.4) is 0 Å². The number of dihydropyridines is 1. The van der Waals surface area contributed by atoms with E-state index < -0.39 is 35.5 Å². The summed E-state index contributed by atoms with van der Waals surface area (Å²) in [4.78, 5) is 15.6. The van der Waals surface area contributed by atoms with Crippen LogP contribution < -0.4 is 5.32 Å². The molecule has 0 radical (unpaired) electrons. The molecule has 0 saturated heterocycles. The smallest absolute Gasteiger partial charge is 0.376 e. The summed E-state index contributed by atoms with van der Waals surface area (Å²) in [5.41, 5.74) is -3.88. The third-order valence-electron chi connectivity index (χ3n) is 3.86. The van der Waals surface area contributed by atoms with Crippen LogP contribution in [-0.2, 0) is 4.79 Å². The number of benzene rings is 1. The number of aliphatic hydroxyl groups is 1. The Bertz CT molecular complexity index is 739. The van der Waals surface area contributed by atoms with Gasteiger partial charge in [-0.15, -0.1) is 0 Å². The molecule has 0 bridgehead atoms. The normalized spacial score (nSPS) is 24.9. The molecule has 3 rings (SSSR count). The van der Waals surface area contributed by atoms with Gasteiger partial charge in [0.05, 0.1) is 12.1 Å². The van der Waals surface area contributed by atoms with Crippen LogP contribution in [-0.4, -0.2) is 35.0 Å². The van der Waals surface area contributed by atoms with Crippen LogP contribution in [0.1, 0.15) is 18.4 Å². The molecule has 1 aromatic carbocycles. The van der Waals surface area contributed by atoms with Gasteiger partial charge in [-0.2, -0.15) is 13.2 Å². The van der Waals surface area contributed by atoms with Crippen LogP contribution in [0, 0.1) is 5.82 Å². The number of hydrogen-bond acceptors (Lipinski definition) is 3. The first-order valence-corrected chi connectivity index (χ1v) is 6.86. The summed E-state index contributed by atoms with van der Waals surface area (Å²) in [7, 11) is 0. The molecular weight excluding hydrogens is 316 g/mol. The average molecular weight is 328 g/mol. The fraction of sp³-hybridized carbons (Fsp3) is 0.333. The van der Waals surface area contributed by atoms with Gasteiger partial charge in [0.15, 0.2) is 5.60 Å². The molecule has 1 atom stereocenters. The highest BCUT2D eigenvalue weighted by Crippen LogP contribution is 2.44. The van der Waals surface area contributed by atoms with Crippen LogP contribution in [0.2, 0.25) is 0 Å². The van der Waals surface area contributed by atoms with E-state index in [-0.39, 0.29) is 29.9 Å². The largest absolute Gasteiger partial charge is 0.422 e. The predicted octanol–water partition coefficient (Wildman–Crippen LogP) is 2.09. The lowest BCUT2D eigenvalue weighted by Crippen LogP contribution is -2.57. The van der Waals surface area contributed by atoms with Crippen molar-refractivity contribution in [3.8, 4) is 0 Å². The summed E-state index contributed by atoms with van der Waals surface area (Å²) < 4.78 is 53.7. The first-order valence-electron chi connectivity index (χ1n) is 6.86. The molecule has 1 aromatic rings. The van der Waals surface area contributed by atoms with Gasteiger partial charge in [0.2, 0.25) is 5.91 Å². The number of carbonyl (C=O) groups excluding carboxylic acids is 1. The maximum atomic E-state index is 13.4. The van der Waals surface area contributed by atoms with Gasteiger partial charge in [-0.1, -0.05) is 12.1 Å². The van der Waals surface area contributed by atoms with Crippen molar-refractivity contribution in [2.24, 2.45) is 4.99 Å². The van der Waals surface area contributed by atoms with Gasteiger partial charge in [0, 0.05) is 29.8 Å². The maximum Gasteiger partial charge on any atom is 0.422 e. The number of aliphatic imine (C=N–C) groups is 1. The highest BCUT2D eigenvalue weighted by molar-refractivity contribution is 6.16. The van der Waals surface area contributed by atoms with Crippen molar-refractivity contribution >= 4 is 11.6 Å². The summed E-state index contributed by atoms with van der Waals surface area (Å²) >= 11 is 0. The summed E-state index contributed by atoms with van der Waals surface area (Å²) in [6, 6.07) is 4.95. The van der Waals surface area contributed by atoms with Crippen molar-refractivity contribution in [2.45, 2.75) is 24.6 Å². The van der Waals surface area contributed by atoms with Crippen molar-refractivity contribution in [3.05, 3.63) is 46.9 Å². The third-order valence-corrected chi connectivity index (χ3v) is 3.86. The highest BCUT2D eigenvalue weighted by Gasteiger charge is 2.61. The molecule has 0 aliphatic carbocycles. The summed E-state index contributed by atoms with van der Waals surface area (Å²) in [5.74, 6) is -1.54.